The van der Waals surface area contributed by atoms with E-state index in [4.69, 9.17) is 37.1 Å². The Kier molecular flexibility index (Phi) is 4.86. The van der Waals surface area contributed by atoms with Crippen LogP contribution in [-0.4, -0.2) is 21.2 Å². The van der Waals surface area contributed by atoms with Crippen molar-refractivity contribution < 1.29 is 13.9 Å². The molecule has 0 fully saturated rings. The van der Waals surface area contributed by atoms with Gasteiger partial charge in [0.25, 0.3) is 5.56 Å². The molecule has 0 spiro atoms. The minimum Gasteiger partial charge on any atom is -0.485 e. The fourth-order valence-electron chi connectivity index (χ4n) is 3.50. The third-order valence-electron chi connectivity index (χ3n) is 5.10. The van der Waals surface area contributed by atoms with Crippen molar-refractivity contribution in [3.05, 3.63) is 91.1 Å². The number of rotatable bonds is 3. The average Bonchev–Trinajstić information content (AvgIpc) is 3.53. The van der Waals surface area contributed by atoms with Gasteiger partial charge in [-0.15, -0.1) is 5.10 Å². The maximum absolute atomic E-state index is 12.9. The van der Waals surface area contributed by atoms with Crippen molar-refractivity contribution >= 4 is 45.6 Å². The van der Waals surface area contributed by atoms with Crippen LogP contribution in [0.3, 0.4) is 0 Å². The van der Waals surface area contributed by atoms with Crippen molar-refractivity contribution in [1.29, 1.82) is 0 Å². The van der Waals surface area contributed by atoms with Gasteiger partial charge in [0, 0.05) is 11.6 Å². The van der Waals surface area contributed by atoms with Crippen molar-refractivity contribution in [2.24, 2.45) is 0 Å². The molecule has 1 aliphatic heterocycles. The van der Waals surface area contributed by atoms with Crippen LogP contribution in [0, 0.1) is 0 Å². The van der Waals surface area contributed by atoms with Crippen LogP contribution in [0.4, 0.5) is 0 Å². The molecule has 1 aliphatic rings. The summed E-state index contributed by atoms with van der Waals surface area (Å²) in [6, 6.07) is 16.2. The number of halogens is 2. The summed E-state index contributed by atoms with van der Waals surface area (Å²) in [4.78, 5) is 17.8. The molecule has 1 atom stereocenters. The number of hydrogen-bond acceptors (Lipinski definition) is 7. The lowest BCUT2D eigenvalue weighted by molar-refractivity contribution is 0.0852. The second-order valence-electron chi connectivity index (χ2n) is 7.28. The van der Waals surface area contributed by atoms with Crippen LogP contribution in [0.25, 0.3) is 22.4 Å². The van der Waals surface area contributed by atoms with Gasteiger partial charge in [0.1, 0.15) is 22.7 Å². The third kappa shape index (κ3) is 3.66. The zero-order valence-corrected chi connectivity index (χ0v) is 19.0. The van der Waals surface area contributed by atoms with Crippen LogP contribution in [0.5, 0.6) is 11.5 Å². The van der Waals surface area contributed by atoms with Gasteiger partial charge in [-0.05, 0) is 42.5 Å². The van der Waals surface area contributed by atoms with E-state index < -0.39 is 6.10 Å². The van der Waals surface area contributed by atoms with Gasteiger partial charge in [0.05, 0.1) is 10.0 Å². The highest BCUT2D eigenvalue weighted by molar-refractivity contribution is 7.15. The summed E-state index contributed by atoms with van der Waals surface area (Å²) in [5.74, 6) is 2.84. The molecule has 0 radical (unpaired) electrons. The van der Waals surface area contributed by atoms with Crippen LogP contribution >= 0.6 is 34.5 Å². The summed E-state index contributed by atoms with van der Waals surface area (Å²) < 4.78 is 19.3. The van der Waals surface area contributed by atoms with Crippen molar-refractivity contribution in [3.63, 3.8) is 0 Å². The smallest absolute Gasteiger partial charge is 0.291 e. The largest absolute Gasteiger partial charge is 0.485 e. The highest BCUT2D eigenvalue weighted by Gasteiger charge is 2.27. The van der Waals surface area contributed by atoms with Gasteiger partial charge in [-0.3, -0.25) is 4.79 Å². The van der Waals surface area contributed by atoms with Gasteiger partial charge >= 0.3 is 0 Å². The number of para-hydroxylation sites is 2. The maximum atomic E-state index is 12.9. The molecule has 0 amide bonds. The number of hydrogen-bond donors (Lipinski definition) is 0. The van der Waals surface area contributed by atoms with Gasteiger partial charge in [-0.1, -0.05) is 46.7 Å². The predicted molar refractivity (Wildman–Crippen MR) is 125 cm³/mol. The second kappa shape index (κ2) is 7.91. The Morgan fingerprint density at radius 3 is 2.73 bits per heavy atom. The molecule has 1 unspecified atom stereocenters. The second-order valence-corrected chi connectivity index (χ2v) is 9.10. The molecule has 6 rings (SSSR count). The van der Waals surface area contributed by atoms with E-state index >= 15 is 0 Å². The molecule has 10 heteroatoms. The molecule has 0 saturated carbocycles. The van der Waals surface area contributed by atoms with Gasteiger partial charge in [-0.2, -0.15) is 9.50 Å². The summed E-state index contributed by atoms with van der Waals surface area (Å²) in [5.41, 5.74) is 0.508. The molecule has 0 saturated heterocycles. The summed E-state index contributed by atoms with van der Waals surface area (Å²) >= 11 is 13.3. The SMILES string of the molecule is O=c1/c(=C/c2ccc(-c3ccc(Cl)c(Cl)c3)o2)sc2nc(C3COc4ccccc4O3)nn12. The summed E-state index contributed by atoms with van der Waals surface area (Å²) in [7, 11) is 0. The Balaban J connectivity index is 1.30. The lowest BCUT2D eigenvalue weighted by Crippen LogP contribution is -2.26. The van der Waals surface area contributed by atoms with E-state index in [1.165, 1.54) is 15.9 Å². The van der Waals surface area contributed by atoms with Crippen molar-refractivity contribution in [2.75, 3.05) is 6.61 Å². The first-order valence-corrected chi connectivity index (χ1v) is 11.5. The van der Waals surface area contributed by atoms with E-state index in [1.54, 1.807) is 24.3 Å². The molecular formula is C23H13Cl2N3O4S. The van der Waals surface area contributed by atoms with Gasteiger partial charge in [-0.25, -0.2) is 0 Å². The fourth-order valence-corrected chi connectivity index (χ4v) is 4.69. The Morgan fingerprint density at radius 2 is 1.91 bits per heavy atom. The predicted octanol–water partition coefficient (Wildman–Crippen LogP) is 4.78. The number of fused-ring (bicyclic) bond motifs is 2. The molecule has 2 aromatic carbocycles. The number of benzene rings is 2. The van der Waals surface area contributed by atoms with Crippen LogP contribution in [0.2, 0.25) is 10.0 Å². The maximum Gasteiger partial charge on any atom is 0.291 e. The normalized spacial score (nSPS) is 15.9. The minimum atomic E-state index is -0.488. The summed E-state index contributed by atoms with van der Waals surface area (Å²) in [5, 5.41) is 5.27. The topological polar surface area (TPSA) is 78.9 Å². The monoisotopic (exact) mass is 497 g/mol. The summed E-state index contributed by atoms with van der Waals surface area (Å²) in [6.07, 6.45) is 1.18. The molecule has 7 nitrogen and oxygen atoms in total. The molecule has 33 heavy (non-hydrogen) atoms. The Labute approximate surface area is 200 Å². The minimum absolute atomic E-state index is 0.270. The molecule has 0 N–H and O–H groups in total. The van der Waals surface area contributed by atoms with E-state index in [0.29, 0.717) is 48.4 Å². The number of thiazole rings is 1. The zero-order chi connectivity index (χ0) is 22.5. The van der Waals surface area contributed by atoms with Crippen LogP contribution in [0.15, 0.2) is 63.8 Å². The quantitative estimate of drug-likeness (QED) is 0.357. The highest BCUT2D eigenvalue weighted by atomic mass is 35.5. The van der Waals surface area contributed by atoms with Crippen molar-refractivity contribution in [1.82, 2.24) is 14.6 Å². The standard InChI is InChI=1S/C23H13Cl2N3O4S/c24-14-7-5-12(9-15(14)25)16-8-6-13(31-16)10-20-22(29)28-23(33-20)26-21(27-28)19-11-30-17-3-1-2-4-18(17)32-19/h1-10,19H,11H2/b20-10-. The highest BCUT2D eigenvalue weighted by Crippen LogP contribution is 2.35. The van der Waals surface area contributed by atoms with Gasteiger partial charge in [0.15, 0.2) is 23.4 Å². The third-order valence-corrected chi connectivity index (χ3v) is 6.80. The lowest BCUT2D eigenvalue weighted by Gasteiger charge is -2.24. The van der Waals surface area contributed by atoms with E-state index in [1.807, 2.05) is 36.4 Å². The number of ether oxygens (including phenoxy) is 2. The Bertz CT molecular complexity index is 1620. The Hall–Kier alpha value is -3.33. The molecule has 4 heterocycles. The van der Waals surface area contributed by atoms with Gasteiger partial charge < -0.3 is 13.9 Å². The molecule has 0 aliphatic carbocycles. The molecular weight excluding hydrogens is 485 g/mol. The van der Waals surface area contributed by atoms with E-state index in [0.717, 1.165) is 5.56 Å². The summed E-state index contributed by atoms with van der Waals surface area (Å²) in [6.45, 7) is 0.270. The van der Waals surface area contributed by atoms with E-state index in [2.05, 4.69) is 10.1 Å². The van der Waals surface area contributed by atoms with Crippen LogP contribution < -0.4 is 19.6 Å². The van der Waals surface area contributed by atoms with Gasteiger partial charge in [0.2, 0.25) is 4.96 Å². The number of aromatic nitrogens is 3. The first-order chi connectivity index (χ1) is 16.0. The van der Waals surface area contributed by atoms with Crippen molar-refractivity contribution in [2.45, 2.75) is 6.10 Å². The lowest BCUT2D eigenvalue weighted by atomic mass is 10.2. The molecule has 0 bridgehead atoms. The first-order valence-electron chi connectivity index (χ1n) is 9.90. The van der Waals surface area contributed by atoms with E-state index in [9.17, 15) is 4.79 Å². The molecule has 5 aromatic rings. The Morgan fingerprint density at radius 1 is 1.06 bits per heavy atom. The zero-order valence-electron chi connectivity index (χ0n) is 16.7. The van der Waals surface area contributed by atoms with Crippen LogP contribution in [-0.2, 0) is 0 Å². The molecule has 164 valence electrons. The number of nitrogens with zero attached hydrogens (tertiary/aromatic N) is 3. The van der Waals surface area contributed by atoms with Crippen molar-refractivity contribution in [3.8, 4) is 22.8 Å². The first kappa shape index (κ1) is 20.3. The fraction of sp³-hybridized carbons (Fsp3) is 0.0870. The van der Waals surface area contributed by atoms with Crippen LogP contribution in [0.1, 0.15) is 17.7 Å². The average molecular weight is 498 g/mol. The molecule has 3 aromatic heterocycles. The van der Waals surface area contributed by atoms with E-state index in [-0.39, 0.29) is 12.2 Å². The number of furan rings is 1.